The summed E-state index contributed by atoms with van der Waals surface area (Å²) >= 11 is 0. The van der Waals surface area contributed by atoms with Crippen LogP contribution in [0.2, 0.25) is 0 Å². The summed E-state index contributed by atoms with van der Waals surface area (Å²) in [5.41, 5.74) is 5.49. The van der Waals surface area contributed by atoms with Gasteiger partial charge in [-0.05, 0) is 38.9 Å². The Hall–Kier alpha value is -0.960. The van der Waals surface area contributed by atoms with Gasteiger partial charge in [0.15, 0.2) is 0 Å². The second-order valence-electron chi connectivity index (χ2n) is 5.03. The number of unbranched alkanes of at least 4 members (excludes halogenated alkanes) is 1. The normalized spacial score (nSPS) is 19.1. The summed E-state index contributed by atoms with van der Waals surface area (Å²) in [6.07, 6.45) is 5.75. The fourth-order valence-electron chi connectivity index (χ4n) is 2.42. The molecule has 0 amide bonds. The molecule has 1 aliphatic heterocycles. The Labute approximate surface area is 120 Å². The van der Waals surface area contributed by atoms with E-state index < -0.39 is 10.0 Å². The van der Waals surface area contributed by atoms with Gasteiger partial charge in [-0.1, -0.05) is 0 Å². The van der Waals surface area contributed by atoms with Gasteiger partial charge in [0.05, 0.1) is 6.20 Å². The molecule has 0 spiro atoms. The largest absolute Gasteiger partial charge is 0.330 e. The first-order valence-electron chi connectivity index (χ1n) is 7.06. The van der Waals surface area contributed by atoms with E-state index in [1.807, 2.05) is 0 Å². The number of nitrogens with one attached hydrogen (secondary N) is 1. The van der Waals surface area contributed by atoms with Crippen LogP contribution >= 0.6 is 0 Å². The summed E-state index contributed by atoms with van der Waals surface area (Å²) < 4.78 is 26.4. The van der Waals surface area contributed by atoms with Gasteiger partial charge in [-0.15, -0.1) is 0 Å². The van der Waals surface area contributed by atoms with Gasteiger partial charge in [0, 0.05) is 25.8 Å². The minimum atomic E-state index is -3.40. The summed E-state index contributed by atoms with van der Waals surface area (Å²) in [6.45, 7) is 4.55. The highest BCUT2D eigenvalue weighted by Crippen LogP contribution is 2.16. The number of hydrogen-bond donors (Lipinski definition) is 2. The molecule has 0 aliphatic carbocycles. The minimum Gasteiger partial charge on any atom is -0.330 e. The van der Waals surface area contributed by atoms with Crippen LogP contribution in [0.25, 0.3) is 0 Å². The van der Waals surface area contributed by atoms with E-state index in [0.29, 0.717) is 13.1 Å². The van der Waals surface area contributed by atoms with Gasteiger partial charge in [0.25, 0.3) is 0 Å². The predicted octanol–water partition coefficient (Wildman–Crippen LogP) is -0.155. The Kier molecular flexibility index (Phi) is 5.53. The quantitative estimate of drug-likeness (QED) is 0.712. The highest BCUT2D eigenvalue weighted by atomic mass is 32.2. The summed E-state index contributed by atoms with van der Waals surface area (Å²) in [6, 6.07) is 0. The lowest BCUT2D eigenvalue weighted by atomic mass is 10.3. The SMILES string of the molecule is NCCCCN1CCCN(S(=O)(=O)c2cn[nH]c2)CC1. The zero-order valence-electron chi connectivity index (χ0n) is 11.7. The first-order chi connectivity index (χ1) is 9.64. The maximum absolute atomic E-state index is 12.4. The van der Waals surface area contributed by atoms with Crippen molar-refractivity contribution in [2.45, 2.75) is 24.2 Å². The fraction of sp³-hybridized carbons (Fsp3) is 0.750. The number of sulfonamides is 1. The third-order valence-corrected chi connectivity index (χ3v) is 5.45. The number of aromatic nitrogens is 2. The Balaban J connectivity index is 1.93. The molecule has 0 unspecified atom stereocenters. The topological polar surface area (TPSA) is 95.3 Å². The fourth-order valence-corrected chi connectivity index (χ4v) is 3.80. The van der Waals surface area contributed by atoms with E-state index in [2.05, 4.69) is 15.1 Å². The Morgan fingerprint density at radius 3 is 2.80 bits per heavy atom. The molecule has 1 aromatic heterocycles. The van der Waals surface area contributed by atoms with Crippen molar-refractivity contribution in [1.82, 2.24) is 19.4 Å². The number of rotatable bonds is 6. The molecule has 1 aliphatic rings. The van der Waals surface area contributed by atoms with E-state index in [1.54, 1.807) is 4.31 Å². The lowest BCUT2D eigenvalue weighted by molar-refractivity contribution is 0.281. The van der Waals surface area contributed by atoms with Crippen LogP contribution in [0.15, 0.2) is 17.3 Å². The van der Waals surface area contributed by atoms with Gasteiger partial charge in [-0.25, -0.2) is 8.42 Å². The molecule has 1 aromatic rings. The van der Waals surface area contributed by atoms with Crippen molar-refractivity contribution >= 4 is 10.0 Å². The number of nitrogens with zero attached hydrogens (tertiary/aromatic N) is 3. The lowest BCUT2D eigenvalue weighted by Gasteiger charge is -2.21. The molecular formula is C12H23N5O2S. The van der Waals surface area contributed by atoms with E-state index >= 15 is 0 Å². The van der Waals surface area contributed by atoms with Crippen LogP contribution in [0.3, 0.4) is 0 Å². The molecule has 0 atom stereocenters. The van der Waals surface area contributed by atoms with Crippen molar-refractivity contribution in [2.24, 2.45) is 5.73 Å². The molecule has 0 saturated carbocycles. The maximum atomic E-state index is 12.4. The van der Waals surface area contributed by atoms with E-state index in [-0.39, 0.29) is 4.90 Å². The summed E-state index contributed by atoms with van der Waals surface area (Å²) in [5.74, 6) is 0. The number of H-pyrrole nitrogens is 1. The highest BCUT2D eigenvalue weighted by molar-refractivity contribution is 7.89. The van der Waals surface area contributed by atoms with Crippen molar-refractivity contribution in [2.75, 3.05) is 39.3 Å². The van der Waals surface area contributed by atoms with Crippen LogP contribution < -0.4 is 5.73 Å². The smallest absolute Gasteiger partial charge is 0.246 e. The third-order valence-electron chi connectivity index (χ3n) is 3.59. The van der Waals surface area contributed by atoms with Crippen LogP contribution in [0.5, 0.6) is 0 Å². The van der Waals surface area contributed by atoms with E-state index in [0.717, 1.165) is 45.4 Å². The van der Waals surface area contributed by atoms with Gasteiger partial charge in [-0.3, -0.25) is 5.10 Å². The number of aromatic amines is 1. The Bertz CT molecular complexity index is 488. The zero-order valence-corrected chi connectivity index (χ0v) is 12.5. The number of hydrogen-bond acceptors (Lipinski definition) is 5. The molecule has 2 heterocycles. The molecule has 0 radical (unpaired) electrons. The molecule has 114 valence electrons. The summed E-state index contributed by atoms with van der Waals surface area (Å²) in [4.78, 5) is 2.56. The molecule has 0 bridgehead atoms. The summed E-state index contributed by atoms with van der Waals surface area (Å²) in [5, 5.41) is 6.27. The van der Waals surface area contributed by atoms with Gasteiger partial charge in [-0.2, -0.15) is 9.40 Å². The first kappa shape index (κ1) is 15.4. The third kappa shape index (κ3) is 3.78. The van der Waals surface area contributed by atoms with E-state index in [1.165, 1.54) is 12.4 Å². The molecule has 1 fully saturated rings. The van der Waals surface area contributed by atoms with Crippen molar-refractivity contribution in [3.8, 4) is 0 Å². The van der Waals surface area contributed by atoms with Gasteiger partial charge in [0.2, 0.25) is 10.0 Å². The molecule has 3 N–H and O–H groups in total. The molecule has 7 nitrogen and oxygen atoms in total. The molecular weight excluding hydrogens is 278 g/mol. The number of nitrogens with two attached hydrogens (primary N) is 1. The van der Waals surface area contributed by atoms with Crippen LogP contribution in [0, 0.1) is 0 Å². The van der Waals surface area contributed by atoms with Crippen LogP contribution in [0.1, 0.15) is 19.3 Å². The first-order valence-corrected chi connectivity index (χ1v) is 8.50. The standard InChI is InChI=1S/C12H23N5O2S/c13-4-1-2-5-16-6-3-7-17(9-8-16)20(18,19)12-10-14-15-11-12/h10-11H,1-9,13H2,(H,14,15). The van der Waals surface area contributed by atoms with E-state index in [9.17, 15) is 8.42 Å². The van der Waals surface area contributed by atoms with E-state index in [4.69, 9.17) is 5.73 Å². The average molecular weight is 301 g/mol. The molecule has 1 saturated heterocycles. The van der Waals surface area contributed by atoms with Crippen LogP contribution in [-0.2, 0) is 10.0 Å². The zero-order chi connectivity index (χ0) is 14.4. The van der Waals surface area contributed by atoms with Gasteiger partial charge >= 0.3 is 0 Å². The van der Waals surface area contributed by atoms with Gasteiger partial charge in [0.1, 0.15) is 4.90 Å². The summed E-state index contributed by atoms with van der Waals surface area (Å²) in [7, 11) is -3.40. The molecule has 20 heavy (non-hydrogen) atoms. The average Bonchev–Trinajstić information content (AvgIpc) is 2.87. The molecule has 8 heteroatoms. The monoisotopic (exact) mass is 301 g/mol. The van der Waals surface area contributed by atoms with Crippen LogP contribution in [0.4, 0.5) is 0 Å². The Morgan fingerprint density at radius 2 is 2.10 bits per heavy atom. The van der Waals surface area contributed by atoms with Crippen molar-refractivity contribution in [3.63, 3.8) is 0 Å². The second-order valence-corrected chi connectivity index (χ2v) is 6.97. The molecule has 2 rings (SSSR count). The highest BCUT2D eigenvalue weighted by Gasteiger charge is 2.27. The second kappa shape index (κ2) is 7.16. The lowest BCUT2D eigenvalue weighted by Crippen LogP contribution is -2.35. The maximum Gasteiger partial charge on any atom is 0.246 e. The minimum absolute atomic E-state index is 0.245. The van der Waals surface area contributed by atoms with Crippen molar-refractivity contribution in [1.29, 1.82) is 0 Å². The van der Waals surface area contributed by atoms with Gasteiger partial charge < -0.3 is 10.6 Å². The Morgan fingerprint density at radius 1 is 1.25 bits per heavy atom. The van der Waals surface area contributed by atoms with Crippen LogP contribution in [-0.4, -0.2) is 67.1 Å². The molecule has 0 aromatic carbocycles. The predicted molar refractivity (Wildman–Crippen MR) is 76.7 cm³/mol. The van der Waals surface area contributed by atoms with Crippen molar-refractivity contribution in [3.05, 3.63) is 12.4 Å². The van der Waals surface area contributed by atoms with Crippen molar-refractivity contribution < 1.29 is 8.42 Å².